The van der Waals surface area contributed by atoms with Gasteiger partial charge in [-0.15, -0.1) is 0 Å². The number of benzene rings is 1. The van der Waals surface area contributed by atoms with E-state index in [2.05, 4.69) is 25.8 Å². The summed E-state index contributed by atoms with van der Waals surface area (Å²) in [5.74, 6) is 2.18. The highest BCUT2D eigenvalue weighted by molar-refractivity contribution is 5.98. The molecule has 9 heteroatoms. The fraction of sp³-hybridized carbons (Fsp3) is 0.273. The van der Waals surface area contributed by atoms with Crippen LogP contribution in [0.1, 0.15) is 37.8 Å². The van der Waals surface area contributed by atoms with Crippen molar-refractivity contribution >= 4 is 22.8 Å². The highest BCUT2D eigenvalue weighted by Crippen LogP contribution is 2.30. The zero-order valence-corrected chi connectivity index (χ0v) is 17.5. The van der Waals surface area contributed by atoms with Crippen molar-refractivity contribution in [3.63, 3.8) is 0 Å². The van der Waals surface area contributed by atoms with Crippen molar-refractivity contribution < 1.29 is 14.1 Å². The van der Waals surface area contributed by atoms with Crippen molar-refractivity contribution in [2.24, 2.45) is 0 Å². The molecule has 3 aromatic heterocycles. The Morgan fingerprint density at radius 3 is 2.87 bits per heavy atom. The van der Waals surface area contributed by atoms with E-state index in [-0.39, 0.29) is 11.4 Å². The van der Waals surface area contributed by atoms with Crippen LogP contribution in [0.15, 0.2) is 47.4 Å². The fourth-order valence-electron chi connectivity index (χ4n) is 3.47. The number of fused-ring (bicyclic) bond motifs is 2. The molecule has 0 fully saturated rings. The minimum absolute atomic E-state index is 0.195. The number of amides is 1. The van der Waals surface area contributed by atoms with Gasteiger partial charge in [0.1, 0.15) is 17.8 Å². The second-order valence-electron chi connectivity index (χ2n) is 8.47. The summed E-state index contributed by atoms with van der Waals surface area (Å²) < 4.78 is 12.9. The number of carbonyl (C=O) groups excluding carboxylic acids is 1. The van der Waals surface area contributed by atoms with E-state index in [1.165, 1.54) is 10.9 Å². The molecule has 1 aliphatic heterocycles. The Morgan fingerprint density at radius 1 is 1.19 bits per heavy atom. The Kier molecular flexibility index (Phi) is 4.48. The van der Waals surface area contributed by atoms with Crippen molar-refractivity contribution in [1.29, 1.82) is 0 Å². The van der Waals surface area contributed by atoms with E-state index in [1.807, 2.05) is 45.0 Å². The van der Waals surface area contributed by atoms with Crippen LogP contribution in [0.4, 0.5) is 10.6 Å². The summed E-state index contributed by atoms with van der Waals surface area (Å²) in [6.07, 6.45) is 3.21. The minimum Gasteiger partial charge on any atom is -0.438 e. The SMILES string of the molecule is CC(C)(C)c1cc(NC(=O)n2ccc3ccc(Oc4ncnc5c4CNC5)cc32)no1. The molecule has 0 saturated carbocycles. The van der Waals surface area contributed by atoms with Crippen molar-refractivity contribution in [2.75, 3.05) is 5.32 Å². The molecule has 0 saturated heterocycles. The van der Waals surface area contributed by atoms with Gasteiger partial charge in [-0.05, 0) is 18.2 Å². The van der Waals surface area contributed by atoms with E-state index in [4.69, 9.17) is 9.26 Å². The summed E-state index contributed by atoms with van der Waals surface area (Å²) in [7, 11) is 0. The molecular formula is C22H22N6O3. The summed E-state index contributed by atoms with van der Waals surface area (Å²) in [5.41, 5.74) is 2.41. The lowest BCUT2D eigenvalue weighted by atomic mass is 9.93. The van der Waals surface area contributed by atoms with Gasteiger partial charge in [-0.2, -0.15) is 0 Å². The van der Waals surface area contributed by atoms with Crippen LogP contribution in [0.25, 0.3) is 10.9 Å². The number of anilines is 1. The Bertz CT molecular complexity index is 1280. The minimum atomic E-state index is -0.340. The van der Waals surface area contributed by atoms with Crippen LogP contribution >= 0.6 is 0 Å². The first kappa shape index (κ1) is 19.3. The Labute approximate surface area is 178 Å². The van der Waals surface area contributed by atoms with E-state index >= 15 is 0 Å². The first-order chi connectivity index (χ1) is 14.9. The maximum atomic E-state index is 12.9. The molecule has 2 N–H and O–H groups in total. The van der Waals surface area contributed by atoms with Gasteiger partial charge in [0.15, 0.2) is 5.82 Å². The lowest BCUT2D eigenvalue weighted by Crippen LogP contribution is -2.18. The first-order valence-corrected chi connectivity index (χ1v) is 9.99. The molecule has 5 rings (SSSR count). The van der Waals surface area contributed by atoms with E-state index in [9.17, 15) is 4.79 Å². The van der Waals surface area contributed by atoms with Gasteiger partial charge in [0.05, 0.1) is 16.8 Å². The maximum Gasteiger partial charge on any atom is 0.331 e. The van der Waals surface area contributed by atoms with Gasteiger partial charge >= 0.3 is 6.03 Å². The Morgan fingerprint density at radius 2 is 2.06 bits per heavy atom. The van der Waals surface area contributed by atoms with E-state index in [1.54, 1.807) is 12.3 Å². The molecule has 0 radical (unpaired) electrons. The van der Waals surface area contributed by atoms with Gasteiger partial charge < -0.3 is 14.6 Å². The molecule has 0 bridgehead atoms. The van der Waals surface area contributed by atoms with Crippen LogP contribution in [-0.4, -0.2) is 25.7 Å². The van der Waals surface area contributed by atoms with Gasteiger partial charge in [0, 0.05) is 42.2 Å². The highest BCUT2D eigenvalue weighted by Gasteiger charge is 2.21. The third kappa shape index (κ3) is 3.64. The number of carbonyl (C=O) groups is 1. The molecule has 1 amide bonds. The molecule has 0 aliphatic carbocycles. The zero-order chi connectivity index (χ0) is 21.6. The fourth-order valence-corrected chi connectivity index (χ4v) is 3.47. The summed E-state index contributed by atoms with van der Waals surface area (Å²) in [6, 6.07) is 8.84. The Balaban J connectivity index is 1.41. The van der Waals surface area contributed by atoms with Gasteiger partial charge in [-0.25, -0.2) is 14.8 Å². The van der Waals surface area contributed by atoms with Gasteiger partial charge in [0.25, 0.3) is 0 Å². The molecule has 0 unspecified atom stereocenters. The second-order valence-corrected chi connectivity index (χ2v) is 8.47. The zero-order valence-electron chi connectivity index (χ0n) is 17.5. The highest BCUT2D eigenvalue weighted by atomic mass is 16.5. The molecule has 0 atom stereocenters. The lowest BCUT2D eigenvalue weighted by Gasteiger charge is -2.12. The summed E-state index contributed by atoms with van der Waals surface area (Å²) in [4.78, 5) is 21.4. The molecule has 0 spiro atoms. The van der Waals surface area contributed by atoms with Crippen LogP contribution in [0.2, 0.25) is 0 Å². The van der Waals surface area contributed by atoms with Crippen molar-refractivity contribution in [2.45, 2.75) is 39.3 Å². The Hall–Kier alpha value is -3.72. The number of hydrogen-bond donors (Lipinski definition) is 2. The van der Waals surface area contributed by atoms with Crippen LogP contribution in [-0.2, 0) is 18.5 Å². The van der Waals surface area contributed by atoms with Gasteiger partial charge in [-0.3, -0.25) is 9.88 Å². The smallest absolute Gasteiger partial charge is 0.331 e. The number of nitrogens with one attached hydrogen (secondary N) is 2. The third-order valence-corrected chi connectivity index (χ3v) is 5.17. The average molecular weight is 418 g/mol. The normalized spacial score (nSPS) is 13.4. The molecular weight excluding hydrogens is 396 g/mol. The standard InChI is InChI=1S/C22H22N6O3/c1-22(2,3)18-9-19(27-31-18)26-21(29)28-7-6-13-4-5-14(8-17(13)28)30-20-15-10-23-11-16(15)24-12-25-20/h4-9,12,23H,10-11H2,1-3H3,(H,26,27,29). The predicted molar refractivity (Wildman–Crippen MR) is 114 cm³/mol. The largest absolute Gasteiger partial charge is 0.438 e. The maximum absolute atomic E-state index is 12.9. The number of rotatable bonds is 3. The number of ether oxygens (including phenoxy) is 1. The van der Waals surface area contributed by atoms with Crippen LogP contribution < -0.4 is 15.4 Å². The van der Waals surface area contributed by atoms with Crippen molar-refractivity contribution in [1.82, 2.24) is 25.0 Å². The number of hydrogen-bond acceptors (Lipinski definition) is 7. The molecule has 31 heavy (non-hydrogen) atoms. The van der Waals surface area contributed by atoms with Crippen LogP contribution in [0, 0.1) is 0 Å². The third-order valence-electron chi connectivity index (χ3n) is 5.17. The van der Waals surface area contributed by atoms with E-state index in [0.717, 1.165) is 16.6 Å². The summed E-state index contributed by atoms with van der Waals surface area (Å²) in [6.45, 7) is 7.42. The van der Waals surface area contributed by atoms with Crippen LogP contribution in [0.5, 0.6) is 11.6 Å². The average Bonchev–Trinajstić information content (AvgIpc) is 3.46. The number of nitrogens with zero attached hydrogens (tertiary/aromatic N) is 4. The molecule has 1 aromatic carbocycles. The van der Waals surface area contributed by atoms with E-state index in [0.29, 0.717) is 41.8 Å². The van der Waals surface area contributed by atoms with E-state index < -0.39 is 0 Å². The first-order valence-electron chi connectivity index (χ1n) is 9.99. The lowest BCUT2D eigenvalue weighted by molar-refractivity contribution is 0.254. The quantitative estimate of drug-likeness (QED) is 0.514. The van der Waals surface area contributed by atoms with Crippen LogP contribution in [0.3, 0.4) is 0 Å². The molecule has 9 nitrogen and oxygen atoms in total. The van der Waals surface area contributed by atoms with Crippen molar-refractivity contribution in [3.05, 3.63) is 59.9 Å². The second kappa shape index (κ2) is 7.21. The summed E-state index contributed by atoms with van der Waals surface area (Å²) in [5, 5.41) is 10.9. The van der Waals surface area contributed by atoms with Gasteiger partial charge in [0.2, 0.25) is 5.88 Å². The molecule has 4 aromatic rings. The predicted octanol–water partition coefficient (Wildman–Crippen LogP) is 4.19. The monoisotopic (exact) mass is 418 g/mol. The van der Waals surface area contributed by atoms with Crippen molar-refractivity contribution in [3.8, 4) is 11.6 Å². The topological polar surface area (TPSA) is 107 Å². The van der Waals surface area contributed by atoms with Gasteiger partial charge in [-0.1, -0.05) is 25.9 Å². The number of aromatic nitrogens is 4. The molecule has 158 valence electrons. The molecule has 4 heterocycles. The molecule has 1 aliphatic rings. The summed E-state index contributed by atoms with van der Waals surface area (Å²) >= 11 is 0.